The fourth-order valence-corrected chi connectivity index (χ4v) is 2.92. The van der Waals surface area contributed by atoms with E-state index in [0.717, 1.165) is 18.6 Å². The summed E-state index contributed by atoms with van der Waals surface area (Å²) >= 11 is 1.34. The number of imide groups is 1. The van der Waals surface area contributed by atoms with Gasteiger partial charge in [0.1, 0.15) is 0 Å². The van der Waals surface area contributed by atoms with Gasteiger partial charge < -0.3 is 0 Å². The van der Waals surface area contributed by atoms with Crippen molar-refractivity contribution in [1.82, 2.24) is 4.31 Å². The molecule has 1 aliphatic heterocycles. The molecule has 0 radical (unpaired) electrons. The van der Waals surface area contributed by atoms with Gasteiger partial charge in [-0.2, -0.15) is 0 Å². The lowest BCUT2D eigenvalue weighted by atomic mass is 10.1. The number of unbranched alkanes of at least 4 members (excludes halogenated alkanes) is 3. The first-order valence-corrected chi connectivity index (χ1v) is 7.30. The Balaban J connectivity index is 1.93. The van der Waals surface area contributed by atoms with E-state index in [1.165, 1.54) is 29.1 Å². The summed E-state index contributed by atoms with van der Waals surface area (Å²) in [6, 6.07) is 7.01. The van der Waals surface area contributed by atoms with Crippen LogP contribution in [-0.2, 0) is 0 Å². The van der Waals surface area contributed by atoms with Crippen LogP contribution in [0.3, 0.4) is 0 Å². The lowest BCUT2D eigenvalue weighted by Gasteiger charge is -2.11. The molecule has 2 rings (SSSR count). The molecule has 0 fully saturated rings. The Kier molecular flexibility index (Phi) is 4.42. The van der Waals surface area contributed by atoms with Crippen molar-refractivity contribution in [2.24, 2.45) is 0 Å². The Morgan fingerprint density at radius 1 is 1.00 bits per heavy atom. The van der Waals surface area contributed by atoms with Crippen molar-refractivity contribution in [3.8, 4) is 0 Å². The molecule has 0 saturated carbocycles. The SMILES string of the molecule is CCCCCCSN1C(=O)c2ccccc2C1=O. The Morgan fingerprint density at radius 2 is 1.61 bits per heavy atom. The largest absolute Gasteiger partial charge is 0.271 e. The molecule has 3 nitrogen and oxygen atoms in total. The highest BCUT2D eigenvalue weighted by molar-refractivity contribution is 7.98. The highest BCUT2D eigenvalue weighted by Crippen LogP contribution is 2.28. The van der Waals surface area contributed by atoms with E-state index in [2.05, 4.69) is 6.92 Å². The number of benzene rings is 1. The molecule has 0 atom stereocenters. The summed E-state index contributed by atoms with van der Waals surface area (Å²) in [4.78, 5) is 24.0. The summed E-state index contributed by atoms with van der Waals surface area (Å²) < 4.78 is 1.30. The van der Waals surface area contributed by atoms with Crippen LogP contribution in [0.25, 0.3) is 0 Å². The standard InChI is InChI=1S/C14H17NO2S/c1-2-3-4-7-10-18-15-13(16)11-8-5-6-9-12(11)14(15)17/h5-6,8-9H,2-4,7,10H2,1H3. The molecule has 1 heterocycles. The maximum atomic E-state index is 12.0. The molecule has 0 spiro atoms. The number of carbonyl (C=O) groups is 2. The predicted octanol–water partition coefficient (Wildman–Crippen LogP) is 3.51. The second-order valence-corrected chi connectivity index (χ2v) is 5.38. The van der Waals surface area contributed by atoms with Crippen LogP contribution in [0.5, 0.6) is 0 Å². The number of carbonyl (C=O) groups excluding carboxylic acids is 2. The number of fused-ring (bicyclic) bond motifs is 1. The van der Waals surface area contributed by atoms with Crippen LogP contribution in [0.1, 0.15) is 53.3 Å². The van der Waals surface area contributed by atoms with Crippen molar-refractivity contribution in [2.75, 3.05) is 5.75 Å². The van der Waals surface area contributed by atoms with Crippen LogP contribution in [0.15, 0.2) is 24.3 Å². The summed E-state index contributed by atoms with van der Waals surface area (Å²) in [7, 11) is 0. The van der Waals surface area contributed by atoms with Gasteiger partial charge in [0, 0.05) is 5.75 Å². The minimum absolute atomic E-state index is 0.170. The minimum Gasteiger partial charge on any atom is -0.268 e. The molecule has 0 aromatic heterocycles. The van der Waals surface area contributed by atoms with Crippen LogP contribution in [-0.4, -0.2) is 21.9 Å². The molecular weight excluding hydrogens is 246 g/mol. The second kappa shape index (κ2) is 6.05. The van der Waals surface area contributed by atoms with Crippen molar-refractivity contribution in [2.45, 2.75) is 32.6 Å². The van der Waals surface area contributed by atoms with Crippen LogP contribution in [0, 0.1) is 0 Å². The van der Waals surface area contributed by atoms with Crippen molar-refractivity contribution >= 4 is 23.8 Å². The van der Waals surface area contributed by atoms with Crippen molar-refractivity contribution in [3.63, 3.8) is 0 Å². The average molecular weight is 263 g/mol. The molecular formula is C14H17NO2S. The Hall–Kier alpha value is -1.29. The lowest BCUT2D eigenvalue weighted by molar-refractivity contribution is 0.0777. The smallest absolute Gasteiger partial charge is 0.268 e. The van der Waals surface area contributed by atoms with Crippen LogP contribution in [0.4, 0.5) is 0 Å². The van der Waals surface area contributed by atoms with Gasteiger partial charge in [0.25, 0.3) is 11.8 Å². The van der Waals surface area contributed by atoms with Gasteiger partial charge in [-0.15, -0.1) is 0 Å². The van der Waals surface area contributed by atoms with Gasteiger partial charge in [-0.05, 0) is 30.5 Å². The Morgan fingerprint density at radius 3 is 2.17 bits per heavy atom. The van der Waals surface area contributed by atoms with Gasteiger partial charge in [0.2, 0.25) is 0 Å². The summed E-state index contributed by atoms with van der Waals surface area (Å²) in [5.74, 6) is 0.484. The summed E-state index contributed by atoms with van der Waals surface area (Å²) in [6.45, 7) is 2.16. The Labute approximate surface area is 112 Å². The summed E-state index contributed by atoms with van der Waals surface area (Å²) in [5, 5.41) is 0. The zero-order valence-electron chi connectivity index (χ0n) is 10.5. The molecule has 0 unspecified atom stereocenters. The van der Waals surface area contributed by atoms with Gasteiger partial charge in [0.15, 0.2) is 0 Å². The van der Waals surface area contributed by atoms with E-state index in [9.17, 15) is 9.59 Å². The monoisotopic (exact) mass is 263 g/mol. The highest BCUT2D eigenvalue weighted by Gasteiger charge is 2.35. The maximum absolute atomic E-state index is 12.0. The lowest BCUT2D eigenvalue weighted by Crippen LogP contribution is -2.22. The molecule has 1 aromatic rings. The van der Waals surface area contributed by atoms with E-state index in [1.54, 1.807) is 24.3 Å². The van der Waals surface area contributed by atoms with E-state index < -0.39 is 0 Å². The van der Waals surface area contributed by atoms with Crippen molar-refractivity contribution < 1.29 is 9.59 Å². The summed E-state index contributed by atoms with van der Waals surface area (Å²) in [6.07, 6.45) is 4.61. The molecule has 1 aromatic carbocycles. The molecule has 96 valence electrons. The van der Waals surface area contributed by atoms with Gasteiger partial charge in [-0.3, -0.25) is 9.59 Å². The third-order valence-electron chi connectivity index (χ3n) is 2.98. The molecule has 0 N–H and O–H groups in total. The summed E-state index contributed by atoms with van der Waals surface area (Å²) in [5.41, 5.74) is 1.06. The molecule has 1 aliphatic rings. The van der Waals surface area contributed by atoms with E-state index >= 15 is 0 Å². The topological polar surface area (TPSA) is 37.4 Å². The second-order valence-electron chi connectivity index (χ2n) is 4.34. The van der Waals surface area contributed by atoms with Gasteiger partial charge in [-0.1, -0.05) is 38.3 Å². The first-order chi connectivity index (χ1) is 8.75. The van der Waals surface area contributed by atoms with E-state index in [1.807, 2.05) is 0 Å². The van der Waals surface area contributed by atoms with Gasteiger partial charge >= 0.3 is 0 Å². The minimum atomic E-state index is -0.170. The van der Waals surface area contributed by atoms with Gasteiger partial charge in [0.05, 0.1) is 11.1 Å². The van der Waals surface area contributed by atoms with Crippen LogP contribution in [0.2, 0.25) is 0 Å². The van der Waals surface area contributed by atoms with Crippen LogP contribution < -0.4 is 0 Å². The average Bonchev–Trinajstić information content (AvgIpc) is 2.64. The Bertz CT molecular complexity index is 424. The molecule has 18 heavy (non-hydrogen) atoms. The molecule has 4 heteroatoms. The number of nitrogens with zero attached hydrogens (tertiary/aromatic N) is 1. The molecule has 2 amide bonds. The maximum Gasteiger partial charge on any atom is 0.271 e. The first kappa shape index (κ1) is 13.1. The highest BCUT2D eigenvalue weighted by atomic mass is 32.2. The number of rotatable bonds is 6. The van der Waals surface area contributed by atoms with Gasteiger partial charge in [-0.25, -0.2) is 4.31 Å². The fourth-order valence-electron chi connectivity index (χ4n) is 1.97. The van der Waals surface area contributed by atoms with Crippen molar-refractivity contribution in [3.05, 3.63) is 35.4 Å². The number of hydrogen-bond acceptors (Lipinski definition) is 3. The fraction of sp³-hybridized carbons (Fsp3) is 0.429. The predicted molar refractivity (Wildman–Crippen MR) is 73.5 cm³/mol. The first-order valence-electron chi connectivity index (χ1n) is 6.36. The quantitative estimate of drug-likeness (QED) is 0.448. The van der Waals surface area contributed by atoms with E-state index in [0.29, 0.717) is 11.1 Å². The molecule has 0 bridgehead atoms. The molecule has 0 aliphatic carbocycles. The third-order valence-corrected chi connectivity index (χ3v) is 4.04. The van der Waals surface area contributed by atoms with E-state index in [-0.39, 0.29) is 11.8 Å². The third kappa shape index (κ3) is 2.58. The van der Waals surface area contributed by atoms with Crippen LogP contribution >= 0.6 is 11.9 Å². The normalized spacial score (nSPS) is 14.2. The van der Waals surface area contributed by atoms with Crippen molar-refractivity contribution in [1.29, 1.82) is 0 Å². The number of amides is 2. The zero-order valence-corrected chi connectivity index (χ0v) is 11.3. The zero-order chi connectivity index (χ0) is 13.0. The number of hydrogen-bond donors (Lipinski definition) is 0. The van der Waals surface area contributed by atoms with E-state index in [4.69, 9.17) is 0 Å². The molecule has 0 saturated heterocycles.